The number of hydrogen-bond acceptors (Lipinski definition) is 5. The molecule has 0 aliphatic heterocycles. The molecule has 126 valence electrons. The first kappa shape index (κ1) is 17.5. The first-order valence-electron chi connectivity index (χ1n) is 7.68. The van der Waals surface area contributed by atoms with E-state index in [0.717, 1.165) is 11.1 Å². The van der Waals surface area contributed by atoms with Gasteiger partial charge in [0.05, 0.1) is 12.2 Å². The van der Waals surface area contributed by atoms with E-state index in [1.807, 2.05) is 26.0 Å². The Balaban J connectivity index is 1.96. The third kappa shape index (κ3) is 4.59. The summed E-state index contributed by atoms with van der Waals surface area (Å²) in [4.78, 5) is 23.6. The summed E-state index contributed by atoms with van der Waals surface area (Å²) in [6.45, 7) is 5.70. The second kappa shape index (κ2) is 8.15. The summed E-state index contributed by atoms with van der Waals surface area (Å²) < 4.78 is 15.6. The molecular formula is C19H20O5. The van der Waals surface area contributed by atoms with Gasteiger partial charge in [-0.05, 0) is 56.2 Å². The van der Waals surface area contributed by atoms with E-state index in [-0.39, 0.29) is 19.0 Å². The number of carbonyl (C=O) groups excluding carboxylic acids is 2. The molecule has 0 bridgehead atoms. The van der Waals surface area contributed by atoms with Gasteiger partial charge in [0.15, 0.2) is 6.61 Å². The molecule has 0 aliphatic rings. The molecule has 0 fully saturated rings. The maximum atomic E-state index is 11.9. The SMILES string of the molecule is CCOC(=O)c1cccc(OC(=O)COc2cccc(C)c2C)c1. The Morgan fingerprint density at radius 3 is 2.54 bits per heavy atom. The van der Waals surface area contributed by atoms with Crippen LogP contribution in [0.3, 0.4) is 0 Å². The number of esters is 2. The summed E-state index contributed by atoms with van der Waals surface area (Å²) in [5, 5.41) is 0. The normalized spacial score (nSPS) is 10.1. The van der Waals surface area contributed by atoms with Crippen LogP contribution in [0, 0.1) is 13.8 Å². The van der Waals surface area contributed by atoms with Crippen molar-refractivity contribution in [3.05, 3.63) is 59.2 Å². The molecule has 0 atom stereocenters. The Morgan fingerprint density at radius 2 is 1.79 bits per heavy atom. The van der Waals surface area contributed by atoms with Crippen molar-refractivity contribution < 1.29 is 23.8 Å². The number of rotatable bonds is 6. The second-order valence-electron chi connectivity index (χ2n) is 5.21. The van der Waals surface area contributed by atoms with Crippen LogP contribution in [0.5, 0.6) is 11.5 Å². The van der Waals surface area contributed by atoms with Gasteiger partial charge in [0, 0.05) is 0 Å². The van der Waals surface area contributed by atoms with Crippen LogP contribution in [-0.2, 0) is 9.53 Å². The third-order valence-corrected chi connectivity index (χ3v) is 3.48. The minimum absolute atomic E-state index is 0.214. The van der Waals surface area contributed by atoms with Gasteiger partial charge >= 0.3 is 11.9 Å². The molecule has 0 unspecified atom stereocenters. The number of ether oxygens (including phenoxy) is 3. The van der Waals surface area contributed by atoms with Gasteiger partial charge in [0.25, 0.3) is 0 Å². The molecule has 0 amide bonds. The summed E-state index contributed by atoms with van der Waals surface area (Å²) in [5.74, 6) is -0.0821. The topological polar surface area (TPSA) is 61.8 Å². The molecule has 5 heteroatoms. The van der Waals surface area contributed by atoms with Crippen molar-refractivity contribution in [2.45, 2.75) is 20.8 Å². The Kier molecular flexibility index (Phi) is 5.95. The molecule has 0 radical (unpaired) electrons. The van der Waals surface area contributed by atoms with E-state index in [0.29, 0.717) is 11.3 Å². The molecule has 0 aromatic heterocycles. The van der Waals surface area contributed by atoms with Gasteiger partial charge in [-0.25, -0.2) is 9.59 Å². The molecule has 0 heterocycles. The lowest BCUT2D eigenvalue weighted by atomic mass is 10.1. The predicted molar refractivity (Wildman–Crippen MR) is 89.4 cm³/mol. The van der Waals surface area contributed by atoms with Crippen molar-refractivity contribution >= 4 is 11.9 Å². The van der Waals surface area contributed by atoms with Gasteiger partial charge in [0.1, 0.15) is 11.5 Å². The number of carbonyl (C=O) groups is 2. The third-order valence-electron chi connectivity index (χ3n) is 3.48. The maximum Gasteiger partial charge on any atom is 0.349 e. The maximum absolute atomic E-state index is 11.9. The Hall–Kier alpha value is -2.82. The molecule has 0 spiro atoms. The van der Waals surface area contributed by atoms with Crippen LogP contribution < -0.4 is 9.47 Å². The first-order valence-corrected chi connectivity index (χ1v) is 7.68. The molecule has 0 saturated heterocycles. The van der Waals surface area contributed by atoms with Gasteiger partial charge in [-0.2, -0.15) is 0 Å². The van der Waals surface area contributed by atoms with Crippen LogP contribution >= 0.6 is 0 Å². The van der Waals surface area contributed by atoms with Gasteiger partial charge in [-0.1, -0.05) is 18.2 Å². The number of aryl methyl sites for hydroxylation is 1. The van der Waals surface area contributed by atoms with Crippen molar-refractivity contribution in [3.8, 4) is 11.5 Å². The van der Waals surface area contributed by atoms with Gasteiger partial charge in [-0.15, -0.1) is 0 Å². The Bertz CT molecular complexity index is 736. The summed E-state index contributed by atoms with van der Waals surface area (Å²) in [6.07, 6.45) is 0. The zero-order valence-corrected chi connectivity index (χ0v) is 14.0. The van der Waals surface area contributed by atoms with E-state index in [9.17, 15) is 9.59 Å². The second-order valence-corrected chi connectivity index (χ2v) is 5.21. The average Bonchev–Trinajstić information content (AvgIpc) is 2.56. The zero-order valence-electron chi connectivity index (χ0n) is 14.0. The van der Waals surface area contributed by atoms with Crippen LogP contribution in [0.2, 0.25) is 0 Å². The van der Waals surface area contributed by atoms with Crippen LogP contribution in [0.25, 0.3) is 0 Å². The lowest BCUT2D eigenvalue weighted by molar-refractivity contribution is -0.136. The molecular weight excluding hydrogens is 308 g/mol. The van der Waals surface area contributed by atoms with Crippen LogP contribution in [0.15, 0.2) is 42.5 Å². The van der Waals surface area contributed by atoms with E-state index < -0.39 is 11.9 Å². The predicted octanol–water partition coefficient (Wildman–Crippen LogP) is 3.46. The molecule has 0 aliphatic carbocycles. The molecule has 2 rings (SSSR count). The van der Waals surface area contributed by atoms with Crippen LogP contribution in [0.1, 0.15) is 28.4 Å². The quantitative estimate of drug-likeness (QED) is 0.600. The highest BCUT2D eigenvalue weighted by Crippen LogP contribution is 2.20. The van der Waals surface area contributed by atoms with Gasteiger partial charge < -0.3 is 14.2 Å². The lowest BCUT2D eigenvalue weighted by Crippen LogP contribution is -2.18. The fraction of sp³-hybridized carbons (Fsp3) is 0.263. The largest absolute Gasteiger partial charge is 0.482 e. The Morgan fingerprint density at radius 1 is 1.04 bits per heavy atom. The van der Waals surface area contributed by atoms with Crippen molar-refractivity contribution in [2.24, 2.45) is 0 Å². The highest BCUT2D eigenvalue weighted by molar-refractivity contribution is 5.90. The summed E-state index contributed by atoms with van der Waals surface area (Å²) >= 11 is 0. The van der Waals surface area contributed by atoms with Crippen molar-refractivity contribution in [1.82, 2.24) is 0 Å². The molecule has 24 heavy (non-hydrogen) atoms. The summed E-state index contributed by atoms with van der Waals surface area (Å²) in [6, 6.07) is 11.9. The smallest absolute Gasteiger partial charge is 0.349 e. The summed E-state index contributed by atoms with van der Waals surface area (Å²) in [5.41, 5.74) is 2.40. The van der Waals surface area contributed by atoms with E-state index >= 15 is 0 Å². The van der Waals surface area contributed by atoms with Gasteiger partial charge in [0.2, 0.25) is 0 Å². The van der Waals surface area contributed by atoms with E-state index in [4.69, 9.17) is 14.2 Å². The first-order chi connectivity index (χ1) is 11.5. The molecule has 0 saturated carbocycles. The molecule has 2 aromatic rings. The average molecular weight is 328 g/mol. The fourth-order valence-electron chi connectivity index (χ4n) is 2.08. The number of hydrogen-bond donors (Lipinski definition) is 0. The zero-order chi connectivity index (χ0) is 17.5. The van der Waals surface area contributed by atoms with Gasteiger partial charge in [-0.3, -0.25) is 0 Å². The van der Waals surface area contributed by atoms with E-state index in [2.05, 4.69) is 0 Å². The minimum atomic E-state index is -0.545. The van der Waals surface area contributed by atoms with Crippen molar-refractivity contribution in [3.63, 3.8) is 0 Å². The van der Waals surface area contributed by atoms with Crippen LogP contribution in [-0.4, -0.2) is 25.2 Å². The highest BCUT2D eigenvalue weighted by atomic mass is 16.6. The number of benzene rings is 2. The molecule has 5 nitrogen and oxygen atoms in total. The lowest BCUT2D eigenvalue weighted by Gasteiger charge is -2.11. The Labute approximate surface area is 141 Å². The fourth-order valence-corrected chi connectivity index (χ4v) is 2.08. The van der Waals surface area contributed by atoms with Crippen molar-refractivity contribution in [2.75, 3.05) is 13.2 Å². The van der Waals surface area contributed by atoms with E-state index in [1.54, 1.807) is 31.2 Å². The van der Waals surface area contributed by atoms with Crippen LogP contribution in [0.4, 0.5) is 0 Å². The standard InChI is InChI=1S/C19H20O5/c1-4-22-19(21)15-8-6-9-16(11-15)24-18(20)12-23-17-10-5-7-13(2)14(17)3/h5-11H,4,12H2,1-3H3. The highest BCUT2D eigenvalue weighted by Gasteiger charge is 2.11. The minimum Gasteiger partial charge on any atom is -0.482 e. The molecule has 0 N–H and O–H groups in total. The summed E-state index contributed by atoms with van der Waals surface area (Å²) in [7, 11) is 0. The molecule has 2 aromatic carbocycles. The monoisotopic (exact) mass is 328 g/mol. The van der Waals surface area contributed by atoms with E-state index in [1.165, 1.54) is 6.07 Å². The van der Waals surface area contributed by atoms with Crippen molar-refractivity contribution in [1.29, 1.82) is 0 Å².